The van der Waals surface area contributed by atoms with Gasteiger partial charge in [0, 0.05) is 23.1 Å². The van der Waals surface area contributed by atoms with Crippen LogP contribution in [0.2, 0.25) is 0 Å². The maximum Gasteiger partial charge on any atom is 0.254 e. The van der Waals surface area contributed by atoms with Crippen molar-refractivity contribution < 1.29 is 9.53 Å². The Balaban J connectivity index is 2.59. The Morgan fingerprint density at radius 1 is 1.40 bits per heavy atom. The summed E-state index contributed by atoms with van der Waals surface area (Å²) < 4.78 is 5.39. The highest BCUT2D eigenvalue weighted by Gasteiger charge is 2.20. The first-order chi connectivity index (χ1) is 9.58. The van der Waals surface area contributed by atoms with Crippen molar-refractivity contribution in [2.24, 2.45) is 0 Å². The Morgan fingerprint density at radius 3 is 2.80 bits per heavy atom. The van der Waals surface area contributed by atoms with Crippen molar-refractivity contribution in [2.45, 2.75) is 13.8 Å². The number of hydrogen-bond donors (Lipinski definition) is 2. The lowest BCUT2D eigenvalue weighted by molar-refractivity contribution is 0.0957. The molecule has 0 unspecified atom stereocenters. The molecular formula is C15H18N2O2S. The number of thiophene rings is 1. The largest absolute Gasteiger partial charge is 0.496 e. The van der Waals surface area contributed by atoms with Crippen molar-refractivity contribution in [2.75, 3.05) is 19.4 Å². The second-order valence-electron chi connectivity index (χ2n) is 4.45. The van der Waals surface area contributed by atoms with Crippen LogP contribution in [0, 0.1) is 6.92 Å². The van der Waals surface area contributed by atoms with Crippen LogP contribution in [-0.2, 0) is 0 Å². The molecule has 0 atom stereocenters. The van der Waals surface area contributed by atoms with Gasteiger partial charge in [-0.3, -0.25) is 4.79 Å². The van der Waals surface area contributed by atoms with E-state index in [4.69, 9.17) is 10.5 Å². The quantitative estimate of drug-likeness (QED) is 0.909. The second-order valence-corrected chi connectivity index (χ2v) is 5.36. The molecule has 0 aliphatic carbocycles. The molecular weight excluding hydrogens is 272 g/mol. The number of rotatable bonds is 4. The summed E-state index contributed by atoms with van der Waals surface area (Å²) in [7, 11) is 1.62. The van der Waals surface area contributed by atoms with Crippen LogP contribution < -0.4 is 15.8 Å². The summed E-state index contributed by atoms with van der Waals surface area (Å²) in [6, 6.07) is 5.88. The van der Waals surface area contributed by atoms with E-state index >= 15 is 0 Å². The molecule has 2 aromatic rings. The molecule has 5 heteroatoms. The van der Waals surface area contributed by atoms with Crippen molar-refractivity contribution in [3.63, 3.8) is 0 Å². The summed E-state index contributed by atoms with van der Waals surface area (Å²) in [5.74, 6) is 0.587. The van der Waals surface area contributed by atoms with Crippen LogP contribution in [0.15, 0.2) is 23.6 Å². The molecule has 0 aliphatic heterocycles. The van der Waals surface area contributed by atoms with Gasteiger partial charge in [0.1, 0.15) is 5.75 Å². The third-order valence-electron chi connectivity index (χ3n) is 3.03. The summed E-state index contributed by atoms with van der Waals surface area (Å²) >= 11 is 1.37. The van der Waals surface area contributed by atoms with E-state index in [0.717, 1.165) is 22.4 Å². The van der Waals surface area contributed by atoms with Gasteiger partial charge in [0.15, 0.2) is 0 Å². The first kappa shape index (κ1) is 14.4. The number of methoxy groups -OCH3 is 1. The van der Waals surface area contributed by atoms with E-state index in [-0.39, 0.29) is 5.91 Å². The molecule has 1 aromatic carbocycles. The van der Waals surface area contributed by atoms with E-state index in [1.165, 1.54) is 11.3 Å². The summed E-state index contributed by atoms with van der Waals surface area (Å²) in [6.07, 6.45) is 0. The number of carbonyl (C=O) groups is 1. The average Bonchev–Trinajstić information content (AvgIpc) is 2.80. The van der Waals surface area contributed by atoms with Gasteiger partial charge in [-0.05, 0) is 26.0 Å². The molecule has 2 rings (SSSR count). The molecule has 4 nitrogen and oxygen atoms in total. The minimum absolute atomic E-state index is 0.148. The van der Waals surface area contributed by atoms with Gasteiger partial charge in [-0.1, -0.05) is 11.6 Å². The lowest BCUT2D eigenvalue weighted by Gasteiger charge is -2.11. The molecule has 1 amide bonds. The van der Waals surface area contributed by atoms with Crippen LogP contribution >= 0.6 is 11.3 Å². The number of anilines is 1. The molecule has 0 fully saturated rings. The zero-order chi connectivity index (χ0) is 14.7. The Kier molecular flexibility index (Phi) is 4.29. The second kappa shape index (κ2) is 5.96. The summed E-state index contributed by atoms with van der Waals surface area (Å²) in [4.78, 5) is 12.2. The van der Waals surface area contributed by atoms with Gasteiger partial charge >= 0.3 is 0 Å². The van der Waals surface area contributed by atoms with Crippen LogP contribution in [0.25, 0.3) is 11.1 Å². The molecule has 0 radical (unpaired) electrons. The third-order valence-corrected chi connectivity index (χ3v) is 3.84. The molecule has 0 spiro atoms. The smallest absolute Gasteiger partial charge is 0.254 e. The Bertz CT molecular complexity index is 635. The van der Waals surface area contributed by atoms with E-state index in [2.05, 4.69) is 5.32 Å². The first-order valence-corrected chi connectivity index (χ1v) is 7.26. The molecule has 3 N–H and O–H groups in total. The van der Waals surface area contributed by atoms with Crippen molar-refractivity contribution in [1.82, 2.24) is 5.32 Å². The van der Waals surface area contributed by atoms with Crippen molar-refractivity contribution >= 4 is 22.2 Å². The zero-order valence-electron chi connectivity index (χ0n) is 11.8. The lowest BCUT2D eigenvalue weighted by atomic mass is 10.0. The minimum atomic E-state index is -0.148. The zero-order valence-corrected chi connectivity index (χ0v) is 12.6. The van der Waals surface area contributed by atoms with Crippen molar-refractivity contribution in [3.8, 4) is 16.9 Å². The molecule has 0 aliphatic rings. The highest BCUT2D eigenvalue weighted by molar-refractivity contribution is 7.15. The maximum absolute atomic E-state index is 12.2. The van der Waals surface area contributed by atoms with Gasteiger partial charge < -0.3 is 15.8 Å². The van der Waals surface area contributed by atoms with Crippen LogP contribution in [0.1, 0.15) is 22.8 Å². The number of nitrogens with two attached hydrogens (primary N) is 1. The van der Waals surface area contributed by atoms with E-state index in [1.807, 2.05) is 37.4 Å². The Morgan fingerprint density at radius 2 is 2.15 bits per heavy atom. The number of benzene rings is 1. The number of carbonyl (C=O) groups excluding carboxylic acids is 1. The van der Waals surface area contributed by atoms with Crippen LogP contribution in [0.5, 0.6) is 5.75 Å². The fourth-order valence-corrected chi connectivity index (χ4v) is 2.90. The Hall–Kier alpha value is -2.01. The monoisotopic (exact) mass is 290 g/mol. The molecule has 0 bridgehead atoms. The van der Waals surface area contributed by atoms with Gasteiger partial charge in [-0.25, -0.2) is 0 Å². The molecule has 0 saturated heterocycles. The summed E-state index contributed by atoms with van der Waals surface area (Å²) in [5.41, 5.74) is 9.30. The average molecular weight is 290 g/mol. The van der Waals surface area contributed by atoms with E-state index in [9.17, 15) is 4.79 Å². The fourth-order valence-electron chi connectivity index (χ4n) is 2.09. The SMILES string of the molecule is CCNC(=O)c1c(-c2cc(C)ccc2OC)csc1N. The predicted molar refractivity (Wildman–Crippen MR) is 83.5 cm³/mol. The predicted octanol–water partition coefficient (Wildman–Crippen LogP) is 3.06. The van der Waals surface area contributed by atoms with E-state index < -0.39 is 0 Å². The standard InChI is InChI=1S/C15H18N2O2S/c1-4-17-15(18)13-11(8-20-14(13)16)10-7-9(2)5-6-12(10)19-3/h5-8H,4,16H2,1-3H3,(H,17,18). The maximum atomic E-state index is 12.2. The highest BCUT2D eigenvalue weighted by Crippen LogP contribution is 2.38. The van der Waals surface area contributed by atoms with Crippen molar-refractivity contribution in [1.29, 1.82) is 0 Å². The number of amides is 1. The molecule has 1 aromatic heterocycles. The number of aryl methyl sites for hydroxylation is 1. The molecule has 106 valence electrons. The number of nitrogens with one attached hydrogen (secondary N) is 1. The molecule has 20 heavy (non-hydrogen) atoms. The van der Waals surface area contributed by atoms with Gasteiger partial charge in [0.05, 0.1) is 17.7 Å². The van der Waals surface area contributed by atoms with Crippen LogP contribution in [-0.4, -0.2) is 19.6 Å². The minimum Gasteiger partial charge on any atom is -0.496 e. The van der Waals surface area contributed by atoms with Gasteiger partial charge in [0.2, 0.25) is 0 Å². The highest BCUT2D eigenvalue weighted by atomic mass is 32.1. The molecule has 1 heterocycles. The lowest BCUT2D eigenvalue weighted by Crippen LogP contribution is -2.23. The van der Waals surface area contributed by atoms with Gasteiger partial charge in [-0.2, -0.15) is 0 Å². The summed E-state index contributed by atoms with van der Waals surface area (Å²) in [5, 5.41) is 5.22. The number of hydrogen-bond acceptors (Lipinski definition) is 4. The Labute approximate surface area is 122 Å². The number of nitrogen functional groups attached to an aromatic ring is 1. The number of ether oxygens (including phenoxy) is 1. The van der Waals surface area contributed by atoms with Gasteiger partial charge in [0.25, 0.3) is 5.91 Å². The summed E-state index contributed by atoms with van der Waals surface area (Å²) in [6.45, 7) is 4.45. The van der Waals surface area contributed by atoms with Crippen LogP contribution in [0.3, 0.4) is 0 Å². The first-order valence-electron chi connectivity index (χ1n) is 6.38. The van der Waals surface area contributed by atoms with E-state index in [0.29, 0.717) is 17.1 Å². The van der Waals surface area contributed by atoms with E-state index in [1.54, 1.807) is 7.11 Å². The fraction of sp³-hybridized carbons (Fsp3) is 0.267. The molecule has 0 saturated carbocycles. The third kappa shape index (κ3) is 2.63. The van der Waals surface area contributed by atoms with Crippen LogP contribution in [0.4, 0.5) is 5.00 Å². The topological polar surface area (TPSA) is 64.3 Å². The normalized spacial score (nSPS) is 10.3. The van der Waals surface area contributed by atoms with Gasteiger partial charge in [-0.15, -0.1) is 11.3 Å². The van der Waals surface area contributed by atoms with Crippen molar-refractivity contribution in [3.05, 3.63) is 34.7 Å².